The molecule has 0 bridgehead atoms. The molecule has 1 aromatic rings. The molecule has 0 amide bonds. The summed E-state index contributed by atoms with van der Waals surface area (Å²) < 4.78 is 11.3. The van der Waals surface area contributed by atoms with Crippen LogP contribution in [0.15, 0.2) is 35.3 Å². The molecule has 2 rings (SSSR count). The molecule has 0 aromatic heterocycles. The van der Waals surface area contributed by atoms with Crippen LogP contribution >= 0.6 is 24.0 Å². The fourth-order valence-electron chi connectivity index (χ4n) is 3.90. The van der Waals surface area contributed by atoms with Crippen LogP contribution < -0.4 is 16.0 Å². The van der Waals surface area contributed by atoms with Crippen LogP contribution in [0.25, 0.3) is 0 Å². The van der Waals surface area contributed by atoms with Gasteiger partial charge in [-0.25, -0.2) is 0 Å². The zero-order valence-electron chi connectivity index (χ0n) is 20.2. The molecule has 1 aliphatic heterocycles. The van der Waals surface area contributed by atoms with Gasteiger partial charge in [0.2, 0.25) is 0 Å². The molecule has 3 N–H and O–H groups in total. The van der Waals surface area contributed by atoms with Gasteiger partial charge in [0.25, 0.3) is 0 Å². The minimum Gasteiger partial charge on any atom is -0.381 e. The van der Waals surface area contributed by atoms with Crippen molar-refractivity contribution in [3.05, 3.63) is 35.9 Å². The van der Waals surface area contributed by atoms with Crippen LogP contribution in [0.3, 0.4) is 0 Å². The number of nitrogens with zero attached hydrogens (tertiary/aromatic N) is 1. The van der Waals surface area contributed by atoms with Gasteiger partial charge >= 0.3 is 0 Å². The van der Waals surface area contributed by atoms with Crippen LogP contribution in [0, 0.1) is 5.41 Å². The van der Waals surface area contributed by atoms with Crippen LogP contribution in [0.1, 0.15) is 59.1 Å². The van der Waals surface area contributed by atoms with Crippen molar-refractivity contribution in [3.8, 4) is 0 Å². The van der Waals surface area contributed by atoms with Crippen molar-refractivity contribution >= 4 is 29.9 Å². The van der Waals surface area contributed by atoms with E-state index in [4.69, 9.17) is 14.5 Å². The fraction of sp³-hybridized carbons (Fsp3) is 0.708. The summed E-state index contributed by atoms with van der Waals surface area (Å²) in [6.45, 7) is 14.7. The van der Waals surface area contributed by atoms with Gasteiger partial charge in [-0.05, 0) is 37.7 Å². The lowest BCUT2D eigenvalue weighted by molar-refractivity contribution is 0.0204. The smallest absolute Gasteiger partial charge is 0.191 e. The van der Waals surface area contributed by atoms with E-state index in [1.807, 2.05) is 0 Å². The number of ether oxygens (including phenoxy) is 2. The number of aliphatic imine (C=N–C) groups is 1. The summed E-state index contributed by atoms with van der Waals surface area (Å²) in [7, 11) is 1.77. The summed E-state index contributed by atoms with van der Waals surface area (Å²) in [5.74, 6) is 0.837. The summed E-state index contributed by atoms with van der Waals surface area (Å²) in [6, 6.07) is 10.9. The van der Waals surface area contributed by atoms with Crippen molar-refractivity contribution < 1.29 is 9.47 Å². The SMILES string of the molecule is CCNC(=NCC1(NC(C)c2ccccc2)CCOCC1)NCC(OC)C(C)(C)C.I. The van der Waals surface area contributed by atoms with Crippen LogP contribution in [0.2, 0.25) is 0 Å². The molecule has 2 unspecified atom stereocenters. The van der Waals surface area contributed by atoms with E-state index in [0.717, 1.165) is 45.1 Å². The zero-order chi connectivity index (χ0) is 22.0. The van der Waals surface area contributed by atoms with Gasteiger partial charge in [0.05, 0.1) is 12.6 Å². The molecule has 31 heavy (non-hydrogen) atoms. The third-order valence-electron chi connectivity index (χ3n) is 5.86. The third kappa shape index (κ3) is 9.24. The molecule has 0 aliphatic carbocycles. The molecule has 1 fully saturated rings. The van der Waals surface area contributed by atoms with Crippen molar-refractivity contribution in [2.45, 2.75) is 65.1 Å². The molecule has 2 atom stereocenters. The number of methoxy groups -OCH3 is 1. The number of hydrogen-bond acceptors (Lipinski definition) is 4. The second-order valence-corrected chi connectivity index (χ2v) is 9.34. The summed E-state index contributed by atoms with van der Waals surface area (Å²) in [4.78, 5) is 4.97. The summed E-state index contributed by atoms with van der Waals surface area (Å²) in [5, 5.41) is 10.7. The van der Waals surface area contributed by atoms with Crippen LogP contribution in [0.4, 0.5) is 0 Å². The highest BCUT2D eigenvalue weighted by Gasteiger charge is 2.34. The maximum absolute atomic E-state index is 5.69. The predicted molar refractivity (Wildman–Crippen MR) is 140 cm³/mol. The highest BCUT2D eigenvalue weighted by atomic mass is 127. The molecule has 0 radical (unpaired) electrons. The Morgan fingerprint density at radius 2 is 1.81 bits per heavy atom. The van der Waals surface area contributed by atoms with E-state index in [0.29, 0.717) is 6.54 Å². The van der Waals surface area contributed by atoms with E-state index in [2.05, 4.69) is 80.9 Å². The minimum absolute atomic E-state index is 0. The first kappa shape index (κ1) is 28.1. The lowest BCUT2D eigenvalue weighted by atomic mass is 9.88. The Labute approximate surface area is 206 Å². The third-order valence-corrected chi connectivity index (χ3v) is 5.86. The highest BCUT2D eigenvalue weighted by molar-refractivity contribution is 14.0. The highest BCUT2D eigenvalue weighted by Crippen LogP contribution is 2.26. The van der Waals surface area contributed by atoms with Gasteiger partial charge in [0.15, 0.2) is 5.96 Å². The first-order chi connectivity index (χ1) is 14.3. The maximum Gasteiger partial charge on any atom is 0.191 e. The summed E-state index contributed by atoms with van der Waals surface area (Å²) in [6.07, 6.45) is 2.01. The maximum atomic E-state index is 5.69. The average molecular weight is 547 g/mol. The van der Waals surface area contributed by atoms with Gasteiger partial charge in [0.1, 0.15) is 0 Å². The van der Waals surface area contributed by atoms with Crippen molar-refractivity contribution in [2.75, 3.05) is 40.0 Å². The van der Waals surface area contributed by atoms with E-state index in [1.54, 1.807) is 7.11 Å². The van der Waals surface area contributed by atoms with Crippen molar-refractivity contribution in [1.29, 1.82) is 0 Å². The number of halogens is 1. The first-order valence-electron chi connectivity index (χ1n) is 11.2. The number of nitrogens with one attached hydrogen (secondary N) is 3. The van der Waals surface area contributed by atoms with E-state index < -0.39 is 0 Å². The molecule has 1 aliphatic rings. The molecule has 178 valence electrons. The second kappa shape index (κ2) is 13.6. The van der Waals surface area contributed by atoms with Gasteiger partial charge in [-0.2, -0.15) is 0 Å². The quantitative estimate of drug-likeness (QED) is 0.247. The van der Waals surface area contributed by atoms with Gasteiger partial charge < -0.3 is 25.4 Å². The summed E-state index contributed by atoms with van der Waals surface area (Å²) >= 11 is 0. The molecule has 7 heteroatoms. The molecular weight excluding hydrogens is 503 g/mol. The summed E-state index contributed by atoms with van der Waals surface area (Å²) in [5.41, 5.74) is 1.29. The Morgan fingerprint density at radius 1 is 1.16 bits per heavy atom. The largest absolute Gasteiger partial charge is 0.381 e. The lowest BCUT2D eigenvalue weighted by Crippen LogP contribution is -2.53. The van der Waals surface area contributed by atoms with Crippen LogP contribution in [0.5, 0.6) is 0 Å². The molecule has 6 nitrogen and oxygen atoms in total. The van der Waals surface area contributed by atoms with Gasteiger partial charge in [-0.3, -0.25) is 4.99 Å². The number of hydrogen-bond donors (Lipinski definition) is 3. The molecule has 0 spiro atoms. The van der Waals surface area contributed by atoms with E-state index in [-0.39, 0.29) is 47.1 Å². The molecule has 1 aromatic carbocycles. The Balaban J connectivity index is 0.00000480. The van der Waals surface area contributed by atoms with Gasteiger partial charge in [0, 0.05) is 45.0 Å². The number of benzene rings is 1. The standard InChI is InChI=1S/C24H42N4O2.HI/c1-7-25-22(26-17-21(29-6)23(3,4)5)27-18-24(13-15-30-16-14-24)28-19(2)20-11-9-8-10-12-20;/h8-12,19,21,28H,7,13-18H2,1-6H3,(H2,25,26,27);1H. The second-order valence-electron chi connectivity index (χ2n) is 9.34. The first-order valence-corrected chi connectivity index (χ1v) is 11.2. The lowest BCUT2D eigenvalue weighted by Gasteiger charge is -2.39. The van der Waals surface area contributed by atoms with E-state index >= 15 is 0 Å². The Bertz CT molecular complexity index is 643. The molecule has 0 saturated carbocycles. The average Bonchev–Trinajstić information content (AvgIpc) is 2.72. The van der Waals surface area contributed by atoms with Crippen molar-refractivity contribution in [3.63, 3.8) is 0 Å². The zero-order valence-corrected chi connectivity index (χ0v) is 22.5. The van der Waals surface area contributed by atoms with Crippen molar-refractivity contribution in [1.82, 2.24) is 16.0 Å². The number of rotatable bonds is 9. The monoisotopic (exact) mass is 546 g/mol. The normalized spacial score (nSPS) is 18.6. The molecular formula is C24H43IN4O2. The fourth-order valence-corrected chi connectivity index (χ4v) is 3.90. The van der Waals surface area contributed by atoms with Crippen LogP contribution in [-0.2, 0) is 9.47 Å². The van der Waals surface area contributed by atoms with Gasteiger partial charge in [-0.15, -0.1) is 24.0 Å². The molecule has 1 heterocycles. The number of guanidine groups is 1. The Kier molecular flexibility index (Phi) is 12.3. The van der Waals surface area contributed by atoms with Gasteiger partial charge in [-0.1, -0.05) is 51.1 Å². The van der Waals surface area contributed by atoms with E-state index in [1.165, 1.54) is 5.56 Å². The Morgan fingerprint density at radius 3 is 2.35 bits per heavy atom. The van der Waals surface area contributed by atoms with E-state index in [9.17, 15) is 0 Å². The van der Waals surface area contributed by atoms with Crippen LogP contribution in [-0.4, -0.2) is 57.6 Å². The minimum atomic E-state index is -0.0689. The van der Waals surface area contributed by atoms with Crippen molar-refractivity contribution in [2.24, 2.45) is 10.4 Å². The Hall–Kier alpha value is -0.900. The molecule has 1 saturated heterocycles. The predicted octanol–water partition coefficient (Wildman–Crippen LogP) is 4.12. The topological polar surface area (TPSA) is 66.9 Å².